The molecule has 0 spiro atoms. The summed E-state index contributed by atoms with van der Waals surface area (Å²) >= 11 is 0. The molecule has 2 aromatic carbocycles. The van der Waals surface area contributed by atoms with Crippen LogP contribution in [0.2, 0.25) is 0 Å². The number of hydrogen-bond acceptors (Lipinski definition) is 3. The monoisotopic (exact) mass is 323 g/mol. The second-order valence-corrected chi connectivity index (χ2v) is 6.08. The lowest BCUT2D eigenvalue weighted by Crippen LogP contribution is -2.52. The molecule has 0 unspecified atom stereocenters. The van der Waals surface area contributed by atoms with Crippen LogP contribution in [0.3, 0.4) is 0 Å². The van der Waals surface area contributed by atoms with Crippen molar-refractivity contribution < 1.29 is 9.59 Å². The molecule has 1 aliphatic heterocycles. The Bertz CT molecular complexity index is 745. The van der Waals surface area contributed by atoms with Crippen molar-refractivity contribution in [2.45, 2.75) is 19.0 Å². The number of anilines is 1. The molecule has 0 fully saturated rings. The number of rotatable bonds is 4. The first-order valence-corrected chi connectivity index (χ1v) is 7.98. The fourth-order valence-electron chi connectivity index (χ4n) is 3.10. The Morgan fingerprint density at radius 3 is 2.38 bits per heavy atom. The molecule has 0 saturated carbocycles. The van der Waals surface area contributed by atoms with Gasteiger partial charge in [0.05, 0.1) is 12.6 Å². The van der Waals surface area contributed by atoms with Gasteiger partial charge in [0, 0.05) is 19.3 Å². The molecule has 0 saturated heterocycles. The second-order valence-electron chi connectivity index (χ2n) is 6.08. The number of para-hydroxylation sites is 1. The normalized spacial score (nSPS) is 17.1. The van der Waals surface area contributed by atoms with E-state index in [2.05, 4.69) is 0 Å². The van der Waals surface area contributed by atoms with Gasteiger partial charge in [-0.05, 0) is 29.7 Å². The van der Waals surface area contributed by atoms with E-state index in [0.29, 0.717) is 13.0 Å². The Morgan fingerprint density at radius 1 is 1.08 bits per heavy atom. The van der Waals surface area contributed by atoms with Crippen molar-refractivity contribution in [1.29, 1.82) is 0 Å². The molecule has 2 aromatic rings. The van der Waals surface area contributed by atoms with Gasteiger partial charge in [-0.15, -0.1) is 0 Å². The number of nitrogens with two attached hydrogens (primary N) is 1. The molecule has 5 heteroatoms. The second kappa shape index (κ2) is 6.84. The van der Waals surface area contributed by atoms with Crippen molar-refractivity contribution in [2.75, 3.05) is 18.5 Å². The maximum absolute atomic E-state index is 12.6. The largest absolute Gasteiger partial charge is 0.368 e. The molecule has 0 radical (unpaired) electrons. The summed E-state index contributed by atoms with van der Waals surface area (Å²) in [7, 11) is 1.74. The smallest absolute Gasteiger partial charge is 0.240 e. The van der Waals surface area contributed by atoms with E-state index in [1.165, 1.54) is 0 Å². The van der Waals surface area contributed by atoms with Gasteiger partial charge in [-0.2, -0.15) is 0 Å². The van der Waals surface area contributed by atoms with Gasteiger partial charge in [0.1, 0.15) is 0 Å². The van der Waals surface area contributed by atoms with E-state index >= 15 is 0 Å². The highest BCUT2D eigenvalue weighted by Crippen LogP contribution is 2.23. The van der Waals surface area contributed by atoms with Gasteiger partial charge in [0.15, 0.2) is 0 Å². The standard InChI is InChI=1S/C19H21N3O2/c1-21(16-9-3-2-4-10-16)18(23)13-22-12-15-8-6-5-7-14(15)11-17(22)19(20)24/h2-10,17H,11-13H2,1H3,(H2,20,24)/t17-/m0/s1. The van der Waals surface area contributed by atoms with Crippen molar-refractivity contribution in [3.63, 3.8) is 0 Å². The molecule has 1 atom stereocenters. The lowest BCUT2D eigenvalue weighted by Gasteiger charge is -2.35. The molecule has 24 heavy (non-hydrogen) atoms. The van der Waals surface area contributed by atoms with Crippen LogP contribution in [0, 0.1) is 0 Å². The van der Waals surface area contributed by atoms with Crippen LogP contribution in [0.4, 0.5) is 5.69 Å². The molecule has 0 aliphatic carbocycles. The summed E-state index contributed by atoms with van der Waals surface area (Å²) in [6.07, 6.45) is 0.549. The quantitative estimate of drug-likeness (QED) is 0.928. The molecule has 2 N–H and O–H groups in total. The molecule has 124 valence electrons. The molecule has 1 heterocycles. The van der Waals surface area contributed by atoms with Gasteiger partial charge >= 0.3 is 0 Å². The molecule has 0 bridgehead atoms. The number of hydrogen-bond donors (Lipinski definition) is 1. The van der Waals surface area contributed by atoms with Crippen LogP contribution in [0.1, 0.15) is 11.1 Å². The third-order valence-electron chi connectivity index (χ3n) is 4.53. The number of carbonyl (C=O) groups is 2. The average Bonchev–Trinajstić information content (AvgIpc) is 2.61. The van der Waals surface area contributed by atoms with Crippen LogP contribution in [0.25, 0.3) is 0 Å². The van der Waals surface area contributed by atoms with Gasteiger partial charge in [0.2, 0.25) is 11.8 Å². The fourth-order valence-corrected chi connectivity index (χ4v) is 3.10. The first kappa shape index (κ1) is 16.2. The van der Waals surface area contributed by atoms with Crippen LogP contribution in [-0.2, 0) is 22.6 Å². The Hall–Kier alpha value is -2.66. The van der Waals surface area contributed by atoms with Crippen molar-refractivity contribution in [3.8, 4) is 0 Å². The predicted molar refractivity (Wildman–Crippen MR) is 93.4 cm³/mol. The van der Waals surface area contributed by atoms with Gasteiger partial charge < -0.3 is 10.6 Å². The molecule has 3 rings (SSSR count). The van der Waals surface area contributed by atoms with Crippen molar-refractivity contribution in [3.05, 3.63) is 65.7 Å². The highest BCUT2D eigenvalue weighted by molar-refractivity contribution is 5.94. The Kier molecular flexibility index (Phi) is 4.62. The van der Waals surface area contributed by atoms with Gasteiger partial charge in [-0.3, -0.25) is 14.5 Å². The van der Waals surface area contributed by atoms with Crippen LogP contribution in [-0.4, -0.2) is 36.3 Å². The fraction of sp³-hybridized carbons (Fsp3) is 0.263. The Labute approximate surface area is 141 Å². The topological polar surface area (TPSA) is 66.6 Å². The van der Waals surface area contributed by atoms with Crippen LogP contribution in [0.15, 0.2) is 54.6 Å². The zero-order valence-electron chi connectivity index (χ0n) is 13.7. The van der Waals surface area contributed by atoms with E-state index in [-0.39, 0.29) is 18.4 Å². The zero-order valence-corrected chi connectivity index (χ0v) is 13.7. The van der Waals surface area contributed by atoms with E-state index in [0.717, 1.165) is 16.8 Å². The van der Waals surface area contributed by atoms with Crippen LogP contribution >= 0.6 is 0 Å². The number of benzene rings is 2. The lowest BCUT2D eigenvalue weighted by molar-refractivity contribution is -0.126. The minimum atomic E-state index is -0.451. The van der Waals surface area contributed by atoms with Crippen molar-refractivity contribution in [2.24, 2.45) is 5.73 Å². The maximum atomic E-state index is 12.6. The molecular formula is C19H21N3O2. The maximum Gasteiger partial charge on any atom is 0.240 e. The third kappa shape index (κ3) is 3.31. The highest BCUT2D eigenvalue weighted by atomic mass is 16.2. The van der Waals surface area contributed by atoms with E-state index < -0.39 is 6.04 Å². The van der Waals surface area contributed by atoms with Crippen molar-refractivity contribution in [1.82, 2.24) is 4.90 Å². The van der Waals surface area contributed by atoms with E-state index in [1.54, 1.807) is 11.9 Å². The lowest BCUT2D eigenvalue weighted by atomic mass is 9.93. The predicted octanol–water partition coefficient (Wildman–Crippen LogP) is 1.56. The summed E-state index contributed by atoms with van der Waals surface area (Å²) < 4.78 is 0. The van der Waals surface area contributed by atoms with Crippen molar-refractivity contribution >= 4 is 17.5 Å². The van der Waals surface area contributed by atoms with E-state index in [9.17, 15) is 9.59 Å². The minimum Gasteiger partial charge on any atom is -0.368 e. The first-order chi connectivity index (χ1) is 11.6. The number of amides is 2. The third-order valence-corrected chi connectivity index (χ3v) is 4.53. The highest BCUT2D eigenvalue weighted by Gasteiger charge is 2.31. The van der Waals surface area contributed by atoms with E-state index in [4.69, 9.17) is 5.73 Å². The summed E-state index contributed by atoms with van der Waals surface area (Å²) in [6.45, 7) is 0.714. The summed E-state index contributed by atoms with van der Waals surface area (Å²) in [4.78, 5) is 28.0. The molecule has 2 amide bonds. The summed E-state index contributed by atoms with van der Waals surface area (Å²) in [6, 6.07) is 17.0. The van der Waals surface area contributed by atoms with Crippen LogP contribution < -0.4 is 10.6 Å². The first-order valence-electron chi connectivity index (χ1n) is 7.98. The van der Waals surface area contributed by atoms with E-state index in [1.807, 2.05) is 59.5 Å². The zero-order chi connectivity index (χ0) is 17.1. The minimum absolute atomic E-state index is 0.0631. The summed E-state index contributed by atoms with van der Waals surface area (Å²) in [5.74, 6) is -0.452. The molecule has 1 aliphatic rings. The number of fused-ring (bicyclic) bond motifs is 1. The summed E-state index contributed by atoms with van der Waals surface area (Å²) in [5.41, 5.74) is 8.67. The molecular weight excluding hydrogens is 302 g/mol. The van der Waals surface area contributed by atoms with Gasteiger partial charge in [0.25, 0.3) is 0 Å². The Balaban J connectivity index is 1.77. The van der Waals surface area contributed by atoms with Gasteiger partial charge in [-0.1, -0.05) is 42.5 Å². The number of likely N-dealkylation sites (N-methyl/N-ethyl adjacent to an activating group) is 1. The molecule has 5 nitrogen and oxygen atoms in total. The SMILES string of the molecule is CN(C(=O)CN1Cc2ccccc2C[C@H]1C(N)=O)c1ccccc1. The van der Waals surface area contributed by atoms with Gasteiger partial charge in [-0.25, -0.2) is 0 Å². The Morgan fingerprint density at radius 2 is 1.71 bits per heavy atom. The number of carbonyl (C=O) groups excluding carboxylic acids is 2. The summed E-state index contributed by atoms with van der Waals surface area (Å²) in [5, 5.41) is 0. The number of primary amides is 1. The van der Waals surface area contributed by atoms with Crippen LogP contribution in [0.5, 0.6) is 0 Å². The number of nitrogens with zero attached hydrogens (tertiary/aromatic N) is 2. The average molecular weight is 323 g/mol. The molecule has 0 aromatic heterocycles.